The first kappa shape index (κ1) is 16.2. The summed E-state index contributed by atoms with van der Waals surface area (Å²) in [4.78, 5) is 12.2. The molecule has 0 unspecified atom stereocenters. The molecule has 0 atom stereocenters. The Kier molecular flexibility index (Phi) is 5.31. The van der Waals surface area contributed by atoms with E-state index in [-0.39, 0.29) is 10.4 Å². The minimum Gasteiger partial charge on any atom is -0.311 e. The van der Waals surface area contributed by atoms with Crippen molar-refractivity contribution in [2.24, 2.45) is 0 Å². The highest BCUT2D eigenvalue weighted by Crippen LogP contribution is 2.21. The third kappa shape index (κ3) is 3.35. The van der Waals surface area contributed by atoms with E-state index in [4.69, 9.17) is 28.5 Å². The molecule has 2 aromatic heterocycles. The normalized spacial score (nSPS) is 9.95. The summed E-state index contributed by atoms with van der Waals surface area (Å²) in [7, 11) is 0. The second kappa shape index (κ2) is 7.21. The summed E-state index contributed by atoms with van der Waals surface area (Å²) in [5, 5.41) is 9.10. The van der Waals surface area contributed by atoms with Crippen LogP contribution in [0.3, 0.4) is 0 Å². The predicted molar refractivity (Wildman–Crippen MR) is 87.0 cm³/mol. The van der Waals surface area contributed by atoms with E-state index in [9.17, 15) is 0 Å². The first-order chi connectivity index (χ1) is 10.7. The van der Waals surface area contributed by atoms with Gasteiger partial charge in [0.15, 0.2) is 10.8 Å². The first-order valence-corrected chi connectivity index (χ1v) is 7.46. The number of nitriles is 1. The van der Waals surface area contributed by atoms with Crippen LogP contribution < -0.4 is 0 Å². The summed E-state index contributed by atoms with van der Waals surface area (Å²) >= 11 is 11.8. The maximum atomic E-state index is 8.78. The van der Waals surface area contributed by atoms with Gasteiger partial charge in [-0.25, -0.2) is 9.97 Å². The molecule has 112 valence electrons. The summed E-state index contributed by atoms with van der Waals surface area (Å²) in [6, 6.07) is 9.38. The van der Waals surface area contributed by atoms with Gasteiger partial charge in [0.1, 0.15) is 5.52 Å². The van der Waals surface area contributed by atoms with E-state index in [2.05, 4.69) is 21.0 Å². The smallest absolute Gasteiger partial charge is 0.225 e. The Morgan fingerprint density at radius 1 is 1.14 bits per heavy atom. The van der Waals surface area contributed by atoms with Gasteiger partial charge in [-0.15, -0.1) is 0 Å². The molecule has 0 fully saturated rings. The number of benzene rings is 1. The summed E-state index contributed by atoms with van der Waals surface area (Å²) < 4.78 is 1.83. The van der Waals surface area contributed by atoms with Gasteiger partial charge in [-0.1, -0.05) is 37.6 Å². The van der Waals surface area contributed by atoms with Gasteiger partial charge in [-0.2, -0.15) is 10.2 Å². The molecule has 0 amide bonds. The zero-order chi connectivity index (χ0) is 16.1. The molecule has 22 heavy (non-hydrogen) atoms. The van der Waals surface area contributed by atoms with Gasteiger partial charge in [0.25, 0.3) is 0 Å². The molecule has 5 nitrogen and oxygen atoms in total. The van der Waals surface area contributed by atoms with Gasteiger partial charge in [0.2, 0.25) is 5.28 Å². The summed E-state index contributed by atoms with van der Waals surface area (Å²) in [5.74, 6) is 0. The van der Waals surface area contributed by atoms with Crippen molar-refractivity contribution < 1.29 is 0 Å². The van der Waals surface area contributed by atoms with Crippen LogP contribution in [0.15, 0.2) is 30.6 Å². The molecule has 3 aromatic rings. The third-order valence-electron chi connectivity index (χ3n) is 2.83. The Hall–Kier alpha value is -2.16. The molecule has 3 rings (SSSR count). The quantitative estimate of drug-likeness (QED) is 0.523. The molecule has 0 radical (unpaired) electrons. The highest BCUT2D eigenvalue weighted by molar-refractivity contribution is 6.35. The highest BCUT2D eigenvalue weighted by atomic mass is 35.5. The van der Waals surface area contributed by atoms with Crippen LogP contribution in [0.2, 0.25) is 10.4 Å². The van der Waals surface area contributed by atoms with Crippen LogP contribution in [0.25, 0.3) is 11.2 Å². The molecule has 0 bridgehead atoms. The SMILES string of the molecule is CC.N#Cc1ccc(Cn2cnc3c(Cl)nc(Cl)nc32)cc1. The Morgan fingerprint density at radius 3 is 2.45 bits per heavy atom. The van der Waals surface area contributed by atoms with Crippen LogP contribution in [0.5, 0.6) is 0 Å². The van der Waals surface area contributed by atoms with Crippen LogP contribution in [0, 0.1) is 11.3 Å². The number of fused-ring (bicyclic) bond motifs is 1. The fourth-order valence-electron chi connectivity index (χ4n) is 1.88. The van der Waals surface area contributed by atoms with Crippen molar-refractivity contribution in [1.29, 1.82) is 5.26 Å². The number of aromatic nitrogens is 4. The molecule has 0 spiro atoms. The number of imidazole rings is 1. The minimum atomic E-state index is 0.0871. The Labute approximate surface area is 138 Å². The lowest BCUT2D eigenvalue weighted by Gasteiger charge is -2.04. The summed E-state index contributed by atoms with van der Waals surface area (Å²) in [6.45, 7) is 4.56. The topological polar surface area (TPSA) is 67.4 Å². The largest absolute Gasteiger partial charge is 0.311 e. The molecule has 0 aliphatic heterocycles. The van der Waals surface area contributed by atoms with Crippen LogP contribution in [-0.2, 0) is 6.54 Å². The molecule has 0 aliphatic rings. The number of nitrogens with zero attached hydrogens (tertiary/aromatic N) is 5. The van der Waals surface area contributed by atoms with Crippen LogP contribution in [0.1, 0.15) is 25.0 Å². The zero-order valence-corrected chi connectivity index (χ0v) is 13.6. The van der Waals surface area contributed by atoms with E-state index in [0.717, 1.165) is 5.56 Å². The Morgan fingerprint density at radius 2 is 1.82 bits per heavy atom. The molecule has 0 saturated carbocycles. The average molecular weight is 334 g/mol. The summed E-state index contributed by atoms with van der Waals surface area (Å²) in [5.41, 5.74) is 2.75. The van der Waals surface area contributed by atoms with Gasteiger partial charge in [-0.3, -0.25) is 0 Å². The average Bonchev–Trinajstić information content (AvgIpc) is 2.93. The van der Waals surface area contributed by atoms with E-state index < -0.39 is 0 Å². The zero-order valence-electron chi connectivity index (χ0n) is 12.1. The lowest BCUT2D eigenvalue weighted by molar-refractivity contribution is 0.813. The maximum Gasteiger partial charge on any atom is 0.225 e. The Bertz CT molecular complexity index is 818. The molecule has 0 aliphatic carbocycles. The maximum absolute atomic E-state index is 8.78. The fraction of sp³-hybridized carbons (Fsp3) is 0.200. The van der Waals surface area contributed by atoms with E-state index in [0.29, 0.717) is 23.3 Å². The van der Waals surface area contributed by atoms with Gasteiger partial charge >= 0.3 is 0 Å². The van der Waals surface area contributed by atoms with Crippen molar-refractivity contribution in [3.63, 3.8) is 0 Å². The number of hydrogen-bond donors (Lipinski definition) is 0. The van der Waals surface area contributed by atoms with E-state index in [1.165, 1.54) is 0 Å². The van der Waals surface area contributed by atoms with Gasteiger partial charge in [-0.05, 0) is 29.3 Å². The molecule has 2 heterocycles. The minimum absolute atomic E-state index is 0.0871. The predicted octanol–water partition coefficient (Wildman–Crippen LogP) is 4.08. The standard InChI is InChI=1S/C13H7Cl2N5.C2H6/c14-11-10-12(19-13(15)18-11)20(7-17-10)6-9-3-1-8(5-16)2-4-9;1-2/h1-4,7H,6H2;1-2H3. The monoisotopic (exact) mass is 333 g/mol. The number of rotatable bonds is 2. The lowest BCUT2D eigenvalue weighted by Crippen LogP contribution is -2.00. The summed E-state index contributed by atoms with van der Waals surface area (Å²) in [6.07, 6.45) is 1.64. The lowest BCUT2D eigenvalue weighted by atomic mass is 10.1. The third-order valence-corrected chi connectivity index (χ3v) is 3.26. The second-order valence-corrected chi connectivity index (χ2v) is 4.83. The fourth-order valence-corrected chi connectivity index (χ4v) is 2.30. The Balaban J connectivity index is 0.000000847. The van der Waals surface area contributed by atoms with Crippen molar-refractivity contribution in [3.8, 4) is 6.07 Å². The van der Waals surface area contributed by atoms with Crippen LogP contribution in [-0.4, -0.2) is 19.5 Å². The van der Waals surface area contributed by atoms with Crippen molar-refractivity contribution in [1.82, 2.24) is 19.5 Å². The molecule has 7 heteroatoms. The molecule has 0 saturated heterocycles. The van der Waals surface area contributed by atoms with Gasteiger partial charge in [0, 0.05) is 0 Å². The molecular weight excluding hydrogens is 321 g/mol. The van der Waals surface area contributed by atoms with Crippen molar-refractivity contribution >= 4 is 34.4 Å². The van der Waals surface area contributed by atoms with Crippen molar-refractivity contribution in [3.05, 3.63) is 52.2 Å². The van der Waals surface area contributed by atoms with Crippen molar-refractivity contribution in [2.45, 2.75) is 20.4 Å². The van der Waals surface area contributed by atoms with Crippen LogP contribution in [0.4, 0.5) is 0 Å². The molecular formula is C15H13Cl2N5. The van der Waals surface area contributed by atoms with E-state index >= 15 is 0 Å². The second-order valence-electron chi connectivity index (χ2n) is 4.14. The number of hydrogen-bond acceptors (Lipinski definition) is 4. The van der Waals surface area contributed by atoms with E-state index in [1.807, 2.05) is 30.5 Å². The molecule has 1 aromatic carbocycles. The number of halogens is 2. The van der Waals surface area contributed by atoms with E-state index in [1.54, 1.807) is 18.5 Å². The van der Waals surface area contributed by atoms with Crippen molar-refractivity contribution in [2.75, 3.05) is 0 Å². The van der Waals surface area contributed by atoms with Gasteiger partial charge < -0.3 is 4.57 Å². The highest BCUT2D eigenvalue weighted by Gasteiger charge is 2.11. The van der Waals surface area contributed by atoms with Crippen LogP contribution >= 0.6 is 23.2 Å². The van der Waals surface area contributed by atoms with Gasteiger partial charge in [0.05, 0.1) is 24.5 Å². The molecule has 0 N–H and O–H groups in total. The first-order valence-electron chi connectivity index (χ1n) is 6.70.